The summed E-state index contributed by atoms with van der Waals surface area (Å²) in [7, 11) is 1.73. The summed E-state index contributed by atoms with van der Waals surface area (Å²) in [4.78, 5) is 12.4. The third-order valence-electron chi connectivity index (χ3n) is 1.86. The highest BCUT2D eigenvalue weighted by atomic mass is 79.9. The Morgan fingerprint density at radius 2 is 1.93 bits per heavy atom. The number of rotatable bonds is 2. The fourth-order valence-electron chi connectivity index (χ4n) is 0.877. The number of carbonyl (C=O) groups excluding carboxylic acids is 1. The van der Waals surface area contributed by atoms with Crippen LogP contribution >= 0.6 is 15.9 Å². The zero-order valence-corrected chi connectivity index (χ0v) is 9.78. The van der Waals surface area contributed by atoms with Gasteiger partial charge < -0.3 is 4.90 Å². The molecule has 74 valence electrons. The summed E-state index contributed by atoms with van der Waals surface area (Å²) in [5, 5.41) is 0. The Morgan fingerprint density at radius 3 is 2.43 bits per heavy atom. The highest BCUT2D eigenvalue weighted by Crippen LogP contribution is 2.11. The van der Waals surface area contributed by atoms with E-state index in [-0.39, 0.29) is 5.91 Å². The summed E-state index contributed by atoms with van der Waals surface area (Å²) < 4.78 is 1.05. The summed E-state index contributed by atoms with van der Waals surface area (Å²) in [6.45, 7) is 1.53. The van der Waals surface area contributed by atoms with Gasteiger partial charge in [-0.3, -0.25) is 4.79 Å². The molecular formula is C11H12BrNO. The van der Waals surface area contributed by atoms with Crippen molar-refractivity contribution >= 4 is 27.9 Å². The Kier molecular flexibility index (Phi) is 3.89. The molecule has 1 aromatic rings. The van der Waals surface area contributed by atoms with Crippen LogP contribution in [0.5, 0.6) is 0 Å². The third kappa shape index (κ3) is 3.34. The first-order valence-electron chi connectivity index (χ1n) is 4.27. The van der Waals surface area contributed by atoms with E-state index in [4.69, 9.17) is 0 Å². The topological polar surface area (TPSA) is 20.3 Å². The zero-order chi connectivity index (χ0) is 10.6. The van der Waals surface area contributed by atoms with Crippen LogP contribution in [0.1, 0.15) is 12.5 Å². The van der Waals surface area contributed by atoms with E-state index in [1.807, 2.05) is 30.3 Å². The summed E-state index contributed by atoms with van der Waals surface area (Å²) in [6.07, 6.45) is 3.65. The minimum absolute atomic E-state index is 0.0263. The maximum atomic E-state index is 10.9. The average molecular weight is 254 g/mol. The van der Waals surface area contributed by atoms with Crippen LogP contribution in [-0.4, -0.2) is 17.9 Å². The average Bonchev–Trinajstić information content (AvgIpc) is 2.16. The molecular weight excluding hydrogens is 242 g/mol. The number of hydrogen-bond acceptors (Lipinski definition) is 1. The van der Waals surface area contributed by atoms with Gasteiger partial charge in [0, 0.05) is 24.6 Å². The Bertz CT molecular complexity index is 343. The molecule has 1 rings (SSSR count). The fourth-order valence-corrected chi connectivity index (χ4v) is 1.14. The summed E-state index contributed by atoms with van der Waals surface area (Å²) in [6, 6.07) is 7.89. The molecule has 0 bridgehead atoms. The molecule has 0 atom stereocenters. The van der Waals surface area contributed by atoms with Crippen molar-refractivity contribution in [2.45, 2.75) is 6.92 Å². The summed E-state index contributed by atoms with van der Waals surface area (Å²) >= 11 is 3.36. The first-order chi connectivity index (χ1) is 6.59. The molecule has 0 saturated heterocycles. The molecule has 0 heterocycles. The Balaban J connectivity index is 2.69. The van der Waals surface area contributed by atoms with E-state index in [1.165, 1.54) is 6.92 Å². The van der Waals surface area contributed by atoms with Gasteiger partial charge in [0.1, 0.15) is 0 Å². The highest BCUT2D eigenvalue weighted by Gasteiger charge is 1.95. The van der Waals surface area contributed by atoms with Gasteiger partial charge in [0.15, 0.2) is 0 Å². The van der Waals surface area contributed by atoms with Gasteiger partial charge in [-0.15, -0.1) is 0 Å². The monoisotopic (exact) mass is 253 g/mol. The van der Waals surface area contributed by atoms with Gasteiger partial charge in [0.05, 0.1) is 0 Å². The van der Waals surface area contributed by atoms with E-state index < -0.39 is 0 Å². The van der Waals surface area contributed by atoms with Crippen molar-refractivity contribution in [2.24, 2.45) is 0 Å². The number of carbonyl (C=O) groups is 1. The lowest BCUT2D eigenvalue weighted by molar-refractivity contribution is -0.125. The number of halogens is 1. The maximum absolute atomic E-state index is 10.9. The molecule has 0 radical (unpaired) electrons. The Labute approximate surface area is 92.4 Å². The molecule has 0 unspecified atom stereocenters. The molecule has 0 aliphatic carbocycles. The first-order valence-corrected chi connectivity index (χ1v) is 5.06. The maximum Gasteiger partial charge on any atom is 0.223 e. The molecule has 0 aliphatic rings. The molecule has 1 aromatic carbocycles. The van der Waals surface area contributed by atoms with Crippen LogP contribution < -0.4 is 0 Å². The van der Waals surface area contributed by atoms with Crippen LogP contribution in [0.2, 0.25) is 0 Å². The zero-order valence-electron chi connectivity index (χ0n) is 8.20. The van der Waals surface area contributed by atoms with Crippen molar-refractivity contribution in [3.05, 3.63) is 40.5 Å². The van der Waals surface area contributed by atoms with Crippen LogP contribution in [0.25, 0.3) is 6.08 Å². The largest absolute Gasteiger partial charge is 0.322 e. The second-order valence-corrected chi connectivity index (χ2v) is 3.91. The Morgan fingerprint density at radius 1 is 1.36 bits per heavy atom. The van der Waals surface area contributed by atoms with Crippen LogP contribution in [0, 0.1) is 0 Å². The molecule has 0 spiro atoms. The van der Waals surface area contributed by atoms with E-state index in [1.54, 1.807) is 18.1 Å². The highest BCUT2D eigenvalue weighted by molar-refractivity contribution is 9.10. The Hall–Kier alpha value is -1.09. The minimum Gasteiger partial charge on any atom is -0.322 e. The van der Waals surface area contributed by atoms with Gasteiger partial charge in [-0.25, -0.2) is 0 Å². The normalized spacial score (nSPS) is 10.5. The van der Waals surface area contributed by atoms with E-state index in [2.05, 4.69) is 15.9 Å². The van der Waals surface area contributed by atoms with Crippen molar-refractivity contribution < 1.29 is 4.79 Å². The molecule has 0 saturated carbocycles. The predicted octanol–water partition coefficient (Wildman–Crippen LogP) is 2.90. The SMILES string of the molecule is CC(=O)N(C)/C=C/c1ccc(Br)cc1. The first kappa shape index (κ1) is 11.0. The quantitative estimate of drug-likeness (QED) is 0.794. The predicted molar refractivity (Wildman–Crippen MR) is 61.6 cm³/mol. The second kappa shape index (κ2) is 4.96. The van der Waals surface area contributed by atoms with E-state index in [0.29, 0.717) is 0 Å². The number of hydrogen-bond donors (Lipinski definition) is 0. The fraction of sp³-hybridized carbons (Fsp3) is 0.182. The molecule has 0 aliphatic heterocycles. The number of amides is 1. The molecule has 0 aromatic heterocycles. The van der Waals surface area contributed by atoms with E-state index in [9.17, 15) is 4.79 Å². The molecule has 0 N–H and O–H groups in total. The van der Waals surface area contributed by atoms with Gasteiger partial charge in [-0.2, -0.15) is 0 Å². The van der Waals surface area contributed by atoms with E-state index >= 15 is 0 Å². The minimum atomic E-state index is 0.0263. The molecule has 3 heteroatoms. The van der Waals surface area contributed by atoms with Crippen molar-refractivity contribution in [1.82, 2.24) is 4.90 Å². The summed E-state index contributed by atoms with van der Waals surface area (Å²) in [5.74, 6) is 0.0263. The van der Waals surface area contributed by atoms with Gasteiger partial charge in [0.2, 0.25) is 5.91 Å². The number of benzene rings is 1. The molecule has 2 nitrogen and oxygen atoms in total. The van der Waals surface area contributed by atoms with Gasteiger partial charge >= 0.3 is 0 Å². The van der Waals surface area contributed by atoms with Crippen molar-refractivity contribution in [3.8, 4) is 0 Å². The van der Waals surface area contributed by atoms with Crippen LogP contribution in [0.15, 0.2) is 34.9 Å². The molecule has 14 heavy (non-hydrogen) atoms. The van der Waals surface area contributed by atoms with Crippen molar-refractivity contribution in [2.75, 3.05) is 7.05 Å². The van der Waals surface area contributed by atoms with Gasteiger partial charge in [-0.05, 0) is 23.8 Å². The van der Waals surface area contributed by atoms with Gasteiger partial charge in [0.25, 0.3) is 0 Å². The van der Waals surface area contributed by atoms with Crippen LogP contribution in [0.3, 0.4) is 0 Å². The number of nitrogens with zero attached hydrogens (tertiary/aromatic N) is 1. The lowest BCUT2D eigenvalue weighted by Gasteiger charge is -2.07. The lowest BCUT2D eigenvalue weighted by atomic mass is 10.2. The van der Waals surface area contributed by atoms with Crippen molar-refractivity contribution in [1.29, 1.82) is 0 Å². The second-order valence-electron chi connectivity index (χ2n) is 3.00. The third-order valence-corrected chi connectivity index (χ3v) is 2.39. The van der Waals surface area contributed by atoms with Crippen molar-refractivity contribution in [3.63, 3.8) is 0 Å². The smallest absolute Gasteiger partial charge is 0.223 e. The van der Waals surface area contributed by atoms with Crippen LogP contribution in [-0.2, 0) is 4.79 Å². The molecule has 1 amide bonds. The molecule has 0 fully saturated rings. The van der Waals surface area contributed by atoms with Crippen LogP contribution in [0.4, 0.5) is 0 Å². The lowest BCUT2D eigenvalue weighted by Crippen LogP contribution is -2.16. The summed E-state index contributed by atoms with van der Waals surface area (Å²) in [5.41, 5.74) is 1.07. The van der Waals surface area contributed by atoms with Gasteiger partial charge in [-0.1, -0.05) is 28.1 Å². The van der Waals surface area contributed by atoms with E-state index in [0.717, 1.165) is 10.0 Å². The standard InChI is InChI=1S/C11H12BrNO/c1-9(14)13(2)8-7-10-3-5-11(12)6-4-10/h3-8H,1-2H3/b8-7+.